The maximum absolute atomic E-state index is 14.0. The molecular weight excluding hydrogens is 573 g/mol. The summed E-state index contributed by atoms with van der Waals surface area (Å²) in [5.74, 6) is 0.0729. The van der Waals surface area contributed by atoms with Crippen LogP contribution in [0.4, 0.5) is 15.8 Å². The standard InChI is InChI=1S/C32H40FN3O6S/c1-7-8-22(34)15-16-43(38,39)42-23-11-12-25(29(18-23)40-6)24-13-14-27-30(36(5)31(37)32(3,4)35-27)26(24)19-41-28-17-21(33)10-9-20(28)2/h9-14,17-18,22,35H,7-8,15-16,19,34H2,1-6H3. The molecule has 0 bridgehead atoms. The molecule has 0 fully saturated rings. The Morgan fingerprint density at radius 3 is 2.47 bits per heavy atom. The van der Waals surface area contributed by atoms with E-state index in [0.29, 0.717) is 40.3 Å². The molecule has 1 aliphatic rings. The van der Waals surface area contributed by atoms with E-state index in [1.165, 1.54) is 25.3 Å². The number of fused-ring (bicyclic) bond motifs is 1. The number of nitrogens with zero attached hydrogens (tertiary/aromatic N) is 1. The van der Waals surface area contributed by atoms with Gasteiger partial charge in [-0.3, -0.25) is 4.79 Å². The van der Waals surface area contributed by atoms with Crippen molar-refractivity contribution in [1.82, 2.24) is 0 Å². The van der Waals surface area contributed by atoms with Crippen LogP contribution in [0.1, 0.15) is 51.2 Å². The van der Waals surface area contributed by atoms with Crippen LogP contribution in [0, 0.1) is 12.7 Å². The van der Waals surface area contributed by atoms with Crippen LogP contribution < -0.4 is 29.6 Å². The van der Waals surface area contributed by atoms with Gasteiger partial charge in [-0.15, -0.1) is 0 Å². The lowest BCUT2D eigenvalue weighted by molar-refractivity contribution is -0.121. The van der Waals surface area contributed by atoms with E-state index in [1.807, 2.05) is 39.8 Å². The van der Waals surface area contributed by atoms with Gasteiger partial charge in [-0.1, -0.05) is 25.5 Å². The Morgan fingerprint density at radius 2 is 1.77 bits per heavy atom. The van der Waals surface area contributed by atoms with Gasteiger partial charge in [-0.2, -0.15) is 8.42 Å². The third-order valence-corrected chi connectivity index (χ3v) is 8.69. The highest BCUT2D eigenvalue weighted by molar-refractivity contribution is 7.87. The number of halogens is 1. The van der Waals surface area contributed by atoms with Crippen LogP contribution in [0.3, 0.4) is 0 Å². The zero-order valence-corrected chi connectivity index (χ0v) is 26.3. The van der Waals surface area contributed by atoms with Crippen molar-refractivity contribution in [2.24, 2.45) is 5.73 Å². The molecule has 1 amide bonds. The summed E-state index contributed by atoms with van der Waals surface area (Å²) in [6, 6.07) is 12.6. The summed E-state index contributed by atoms with van der Waals surface area (Å²) in [4.78, 5) is 14.9. The van der Waals surface area contributed by atoms with Crippen molar-refractivity contribution in [3.63, 3.8) is 0 Å². The second-order valence-electron chi connectivity index (χ2n) is 11.3. The first-order valence-corrected chi connectivity index (χ1v) is 15.8. The number of benzene rings is 3. The van der Waals surface area contributed by atoms with E-state index in [1.54, 1.807) is 30.1 Å². The minimum atomic E-state index is -3.88. The summed E-state index contributed by atoms with van der Waals surface area (Å²) in [7, 11) is -0.699. The van der Waals surface area contributed by atoms with Crippen LogP contribution in [-0.4, -0.2) is 45.8 Å². The number of methoxy groups -OCH3 is 1. The lowest BCUT2D eigenvalue weighted by atomic mass is 9.91. The molecule has 0 aromatic heterocycles. The molecule has 3 N–H and O–H groups in total. The average Bonchev–Trinajstić information content (AvgIpc) is 2.95. The Kier molecular flexibility index (Phi) is 9.56. The molecule has 1 atom stereocenters. The molecule has 1 heterocycles. The first-order valence-electron chi connectivity index (χ1n) is 14.2. The number of nitrogens with one attached hydrogen (secondary N) is 1. The number of ether oxygens (including phenoxy) is 2. The van der Waals surface area contributed by atoms with Gasteiger partial charge in [0, 0.05) is 36.3 Å². The van der Waals surface area contributed by atoms with E-state index in [0.717, 1.165) is 24.1 Å². The summed E-state index contributed by atoms with van der Waals surface area (Å²) in [5.41, 5.74) is 9.23. The summed E-state index contributed by atoms with van der Waals surface area (Å²) in [6.45, 7) is 7.44. The second-order valence-corrected chi connectivity index (χ2v) is 13.0. The van der Waals surface area contributed by atoms with Crippen molar-refractivity contribution >= 4 is 27.4 Å². The van der Waals surface area contributed by atoms with E-state index in [9.17, 15) is 17.6 Å². The molecule has 1 aliphatic heterocycles. The molecule has 43 heavy (non-hydrogen) atoms. The van der Waals surface area contributed by atoms with Gasteiger partial charge in [0.15, 0.2) is 0 Å². The van der Waals surface area contributed by atoms with Gasteiger partial charge >= 0.3 is 10.1 Å². The lowest BCUT2D eigenvalue weighted by Gasteiger charge is -2.39. The molecule has 1 unspecified atom stereocenters. The van der Waals surface area contributed by atoms with E-state index < -0.39 is 21.5 Å². The zero-order valence-electron chi connectivity index (χ0n) is 25.5. The van der Waals surface area contributed by atoms with Gasteiger partial charge in [0.2, 0.25) is 0 Å². The molecular formula is C32H40FN3O6S. The molecule has 3 aromatic rings. The van der Waals surface area contributed by atoms with Crippen molar-refractivity contribution in [2.75, 3.05) is 30.1 Å². The van der Waals surface area contributed by atoms with Gasteiger partial charge < -0.3 is 29.6 Å². The number of anilines is 2. The molecule has 0 aliphatic carbocycles. The molecule has 0 radical (unpaired) electrons. The zero-order chi connectivity index (χ0) is 31.5. The maximum atomic E-state index is 14.0. The van der Waals surface area contributed by atoms with Crippen LogP contribution in [-0.2, 0) is 21.5 Å². The summed E-state index contributed by atoms with van der Waals surface area (Å²) < 4.78 is 56.6. The topological polar surface area (TPSA) is 120 Å². The van der Waals surface area contributed by atoms with Gasteiger partial charge in [0.1, 0.15) is 35.2 Å². The summed E-state index contributed by atoms with van der Waals surface area (Å²) in [5, 5.41) is 3.31. The van der Waals surface area contributed by atoms with Gasteiger partial charge in [-0.25, -0.2) is 4.39 Å². The fourth-order valence-corrected chi connectivity index (χ4v) is 6.33. The van der Waals surface area contributed by atoms with Crippen molar-refractivity contribution in [1.29, 1.82) is 0 Å². The van der Waals surface area contributed by atoms with E-state index in [2.05, 4.69) is 5.32 Å². The fourth-order valence-electron chi connectivity index (χ4n) is 5.25. The minimum Gasteiger partial charge on any atom is -0.496 e. The maximum Gasteiger partial charge on any atom is 0.309 e. The molecule has 3 aromatic carbocycles. The summed E-state index contributed by atoms with van der Waals surface area (Å²) in [6.07, 6.45) is 1.90. The molecule has 232 valence electrons. The lowest BCUT2D eigenvalue weighted by Crippen LogP contribution is -2.52. The average molecular weight is 614 g/mol. The minimum absolute atomic E-state index is 0.0102. The number of hydrogen-bond acceptors (Lipinski definition) is 8. The van der Waals surface area contributed by atoms with Crippen LogP contribution in [0.2, 0.25) is 0 Å². The monoisotopic (exact) mass is 613 g/mol. The predicted molar refractivity (Wildman–Crippen MR) is 167 cm³/mol. The molecule has 0 spiro atoms. The Balaban J connectivity index is 1.75. The molecule has 0 saturated carbocycles. The highest BCUT2D eigenvalue weighted by atomic mass is 32.2. The smallest absolute Gasteiger partial charge is 0.309 e. The molecule has 11 heteroatoms. The first kappa shape index (κ1) is 32.1. The number of carbonyl (C=O) groups is 1. The highest BCUT2D eigenvalue weighted by Gasteiger charge is 2.38. The quantitative estimate of drug-likeness (QED) is 0.247. The molecule has 4 rings (SSSR count). The number of carbonyl (C=O) groups excluding carboxylic acids is 1. The number of aryl methyl sites for hydroxylation is 1. The normalized spacial score (nSPS) is 15.0. The Hall–Kier alpha value is -3.83. The molecule has 0 saturated heterocycles. The van der Waals surface area contributed by atoms with Crippen LogP contribution in [0.5, 0.6) is 17.2 Å². The van der Waals surface area contributed by atoms with Crippen LogP contribution in [0.15, 0.2) is 48.5 Å². The Labute approximate surface area is 253 Å². The Morgan fingerprint density at radius 1 is 1.05 bits per heavy atom. The van der Waals surface area contributed by atoms with E-state index in [4.69, 9.17) is 19.4 Å². The van der Waals surface area contributed by atoms with Crippen molar-refractivity contribution < 1.29 is 31.3 Å². The molecule has 9 nitrogen and oxygen atoms in total. The number of likely N-dealkylation sites (N-methyl/N-ethyl adjacent to an activating group) is 1. The summed E-state index contributed by atoms with van der Waals surface area (Å²) >= 11 is 0. The predicted octanol–water partition coefficient (Wildman–Crippen LogP) is 5.78. The van der Waals surface area contributed by atoms with Crippen LogP contribution >= 0.6 is 0 Å². The van der Waals surface area contributed by atoms with Crippen molar-refractivity contribution in [2.45, 2.75) is 65.1 Å². The third kappa shape index (κ3) is 7.22. The first-order chi connectivity index (χ1) is 20.3. The number of nitrogens with two attached hydrogens (primary N) is 1. The van der Waals surface area contributed by atoms with Crippen molar-refractivity contribution in [3.05, 3.63) is 65.5 Å². The van der Waals surface area contributed by atoms with E-state index in [-0.39, 0.29) is 30.1 Å². The highest BCUT2D eigenvalue weighted by Crippen LogP contribution is 2.45. The second kappa shape index (κ2) is 12.8. The fraction of sp³-hybridized carbons (Fsp3) is 0.406. The number of hydrogen-bond donors (Lipinski definition) is 2. The number of rotatable bonds is 12. The Bertz CT molecular complexity index is 1610. The van der Waals surface area contributed by atoms with Gasteiger partial charge in [0.25, 0.3) is 5.91 Å². The third-order valence-electron chi connectivity index (χ3n) is 7.51. The SMILES string of the molecule is CCCC(N)CCS(=O)(=O)Oc1ccc(-c2ccc3c(c2COc2cc(F)ccc2C)N(C)C(=O)C(C)(C)N3)c(OC)c1. The largest absolute Gasteiger partial charge is 0.496 e. The van der Waals surface area contributed by atoms with Crippen LogP contribution in [0.25, 0.3) is 11.1 Å². The van der Waals surface area contributed by atoms with E-state index >= 15 is 0 Å². The van der Waals surface area contributed by atoms with Gasteiger partial charge in [-0.05, 0) is 69.0 Å². The number of amides is 1. The van der Waals surface area contributed by atoms with Gasteiger partial charge in [0.05, 0.1) is 24.2 Å². The van der Waals surface area contributed by atoms with Crippen molar-refractivity contribution in [3.8, 4) is 28.4 Å².